The summed E-state index contributed by atoms with van der Waals surface area (Å²) in [6.07, 6.45) is 33.1. The average Bonchev–Trinajstić information content (AvgIpc) is 3.04. The molecule has 0 aromatic rings. The van der Waals surface area contributed by atoms with Crippen molar-refractivity contribution in [3.8, 4) is 0 Å². The molecule has 0 spiro atoms. The number of hydrogen-bond donors (Lipinski definition) is 0. The third-order valence-corrected chi connectivity index (χ3v) is 8.57. The van der Waals surface area contributed by atoms with E-state index < -0.39 is 0 Å². The third-order valence-electron chi connectivity index (χ3n) is 8.57. The molecule has 0 aromatic heterocycles. The van der Waals surface area contributed by atoms with Crippen molar-refractivity contribution < 1.29 is 9.84 Å². The predicted octanol–water partition coefficient (Wildman–Crippen LogP) is 10.0. The van der Waals surface area contributed by atoms with Crippen LogP contribution < -0.4 is 0 Å². The molecule has 2 rings (SSSR count). The van der Waals surface area contributed by atoms with E-state index in [2.05, 4.69) is 6.92 Å². The topological polar surface area (TPSA) is 29.1 Å². The van der Waals surface area contributed by atoms with E-state index in [0.717, 1.165) is 38.2 Å². The van der Waals surface area contributed by atoms with Crippen LogP contribution in [0.4, 0.5) is 0 Å². The Hall–Kier alpha value is -0.0800. The Balaban J connectivity index is 1.31. The molecule has 0 saturated heterocycles. The molecule has 0 aliphatic heterocycles. The fraction of sp³-hybridized carbons (Fsp3) is 0.968. The largest absolute Gasteiger partial charge is 0.378 e. The predicted molar refractivity (Wildman–Crippen MR) is 142 cm³/mol. The average molecular weight is 463 g/mol. The van der Waals surface area contributed by atoms with Gasteiger partial charge in [0, 0.05) is 6.61 Å². The molecule has 4 atom stereocenters. The summed E-state index contributed by atoms with van der Waals surface area (Å²) in [5, 5.41) is 12.4. The monoisotopic (exact) mass is 462 g/mol. The van der Waals surface area contributed by atoms with E-state index in [1.807, 2.05) is 0 Å². The van der Waals surface area contributed by atoms with Crippen LogP contribution in [0.25, 0.3) is 0 Å². The molecule has 0 N–H and O–H groups in total. The Morgan fingerprint density at radius 2 is 0.970 bits per heavy atom. The highest BCUT2D eigenvalue weighted by atomic mass is 16.5. The van der Waals surface area contributed by atoms with Crippen LogP contribution >= 0.6 is 0 Å². The van der Waals surface area contributed by atoms with Gasteiger partial charge in [0.25, 0.3) is 0 Å². The lowest BCUT2D eigenvalue weighted by atomic mass is 9.84. The fourth-order valence-electron chi connectivity index (χ4n) is 6.29. The van der Waals surface area contributed by atoms with Gasteiger partial charge in [-0.05, 0) is 56.8 Å². The van der Waals surface area contributed by atoms with Crippen LogP contribution in [0.1, 0.15) is 161 Å². The Kier molecular flexibility index (Phi) is 17.8. The summed E-state index contributed by atoms with van der Waals surface area (Å²) in [5.74, 6) is 1.19. The molecule has 2 nitrogen and oxygen atoms in total. The van der Waals surface area contributed by atoms with Gasteiger partial charge in [-0.25, -0.2) is 5.11 Å². The van der Waals surface area contributed by atoms with Crippen LogP contribution in [0.5, 0.6) is 0 Å². The zero-order valence-electron chi connectivity index (χ0n) is 22.2. The minimum Gasteiger partial charge on any atom is -0.378 e. The van der Waals surface area contributed by atoms with Gasteiger partial charge in [0.1, 0.15) is 0 Å². The number of ether oxygens (including phenoxy) is 1. The quantitative estimate of drug-likeness (QED) is 0.165. The van der Waals surface area contributed by atoms with Crippen LogP contribution in [-0.2, 0) is 9.84 Å². The summed E-state index contributed by atoms with van der Waals surface area (Å²) in [5.41, 5.74) is 0. The van der Waals surface area contributed by atoms with Gasteiger partial charge in [0.2, 0.25) is 0 Å². The summed E-state index contributed by atoms with van der Waals surface area (Å²) in [7, 11) is 0. The second-order valence-corrected chi connectivity index (χ2v) is 11.4. The van der Waals surface area contributed by atoms with Gasteiger partial charge in [-0.1, -0.05) is 122 Å². The molecule has 2 aliphatic carbocycles. The van der Waals surface area contributed by atoms with Crippen LogP contribution in [-0.4, -0.2) is 18.8 Å². The highest BCUT2D eigenvalue weighted by Gasteiger charge is 2.33. The highest BCUT2D eigenvalue weighted by Crippen LogP contribution is 2.37. The lowest BCUT2D eigenvalue weighted by Gasteiger charge is -2.30. The van der Waals surface area contributed by atoms with Crippen molar-refractivity contribution in [1.29, 1.82) is 0 Å². The van der Waals surface area contributed by atoms with Gasteiger partial charge in [-0.15, -0.1) is 0 Å². The number of fused-ring (bicyclic) bond motifs is 3. The molecule has 2 aliphatic rings. The molecule has 2 fully saturated rings. The van der Waals surface area contributed by atoms with Gasteiger partial charge in [0.15, 0.2) is 0 Å². The number of hydrogen-bond acceptors (Lipinski definition) is 1. The van der Waals surface area contributed by atoms with Crippen molar-refractivity contribution in [2.75, 3.05) is 6.61 Å². The first-order valence-corrected chi connectivity index (χ1v) is 15.4. The Bertz CT molecular complexity index is 423. The minimum atomic E-state index is -0.321. The van der Waals surface area contributed by atoms with Crippen LogP contribution in [0.2, 0.25) is 0 Å². The molecule has 33 heavy (non-hydrogen) atoms. The first-order valence-electron chi connectivity index (χ1n) is 15.4. The maximum atomic E-state index is 12.4. The molecule has 2 heteroatoms. The van der Waals surface area contributed by atoms with E-state index >= 15 is 0 Å². The number of rotatable bonds is 20. The lowest BCUT2D eigenvalue weighted by molar-refractivity contribution is -0.0368. The van der Waals surface area contributed by atoms with E-state index in [1.165, 1.54) is 135 Å². The molecule has 2 bridgehead atoms. The van der Waals surface area contributed by atoms with Crippen molar-refractivity contribution in [3.63, 3.8) is 0 Å². The van der Waals surface area contributed by atoms with Crippen molar-refractivity contribution in [2.45, 2.75) is 173 Å². The molecular formula is C31H58O2. The Morgan fingerprint density at radius 3 is 1.52 bits per heavy atom. The number of unbranched alkanes of at least 4 members (excludes halogenated alkanes) is 17. The lowest BCUT2D eigenvalue weighted by Crippen LogP contribution is -2.29. The molecule has 2 saturated carbocycles. The second-order valence-electron chi connectivity index (χ2n) is 11.4. The van der Waals surface area contributed by atoms with Gasteiger partial charge in [-0.3, -0.25) is 0 Å². The van der Waals surface area contributed by atoms with E-state index in [4.69, 9.17) is 4.74 Å². The van der Waals surface area contributed by atoms with Crippen molar-refractivity contribution in [2.24, 2.45) is 11.8 Å². The molecule has 0 heterocycles. The van der Waals surface area contributed by atoms with Gasteiger partial charge >= 0.3 is 0 Å². The summed E-state index contributed by atoms with van der Waals surface area (Å²) < 4.78 is 6.34. The maximum Gasteiger partial charge on any atom is 0.0959 e. The summed E-state index contributed by atoms with van der Waals surface area (Å²) >= 11 is 0. The molecule has 194 valence electrons. The van der Waals surface area contributed by atoms with E-state index in [-0.39, 0.29) is 6.10 Å². The van der Waals surface area contributed by atoms with E-state index in [9.17, 15) is 5.11 Å². The zero-order valence-corrected chi connectivity index (χ0v) is 22.2. The molecule has 0 aromatic carbocycles. The van der Waals surface area contributed by atoms with Crippen molar-refractivity contribution >= 4 is 0 Å². The van der Waals surface area contributed by atoms with Crippen molar-refractivity contribution in [3.05, 3.63) is 6.92 Å². The maximum absolute atomic E-state index is 12.4. The SMILES string of the molecule is [CH2]CCCCCCCCCCCCCCCCCCCOC1CCC([O])C2CCCC1CC2. The second kappa shape index (κ2) is 20.1. The first kappa shape index (κ1) is 29.2. The minimum absolute atomic E-state index is 0.321. The Labute approximate surface area is 208 Å². The summed E-state index contributed by atoms with van der Waals surface area (Å²) in [6.45, 7) is 4.84. The first-order chi connectivity index (χ1) is 16.3. The summed E-state index contributed by atoms with van der Waals surface area (Å²) in [4.78, 5) is 0. The van der Waals surface area contributed by atoms with Crippen LogP contribution in [0, 0.1) is 18.8 Å². The summed E-state index contributed by atoms with van der Waals surface area (Å²) in [6, 6.07) is 0. The van der Waals surface area contributed by atoms with Crippen LogP contribution in [0.15, 0.2) is 0 Å². The normalized spacial score (nSPS) is 25.6. The zero-order chi connectivity index (χ0) is 23.4. The van der Waals surface area contributed by atoms with Gasteiger partial charge in [-0.2, -0.15) is 0 Å². The Morgan fingerprint density at radius 1 is 0.515 bits per heavy atom. The molecule has 2 radical (unpaired) electrons. The van der Waals surface area contributed by atoms with E-state index in [1.54, 1.807) is 0 Å². The standard InChI is InChI=1S/C31H58O2/c1-2-3-4-5-6-7-8-9-10-11-12-13-14-15-16-17-18-19-27-33-31-26-25-30(32)28-21-20-22-29(31)24-23-28/h28-31H,1-27H2. The molecular weight excluding hydrogens is 404 g/mol. The van der Waals surface area contributed by atoms with Gasteiger partial charge in [0.05, 0.1) is 12.2 Å². The fourth-order valence-corrected chi connectivity index (χ4v) is 6.29. The third kappa shape index (κ3) is 14.2. The van der Waals surface area contributed by atoms with Crippen molar-refractivity contribution in [1.82, 2.24) is 0 Å². The molecule has 4 unspecified atom stereocenters. The smallest absolute Gasteiger partial charge is 0.0959 e. The van der Waals surface area contributed by atoms with E-state index in [0.29, 0.717) is 12.0 Å². The molecule has 0 amide bonds. The van der Waals surface area contributed by atoms with Crippen LogP contribution in [0.3, 0.4) is 0 Å². The highest BCUT2D eigenvalue weighted by molar-refractivity contribution is 4.84. The van der Waals surface area contributed by atoms with Gasteiger partial charge < -0.3 is 4.74 Å².